The summed E-state index contributed by atoms with van der Waals surface area (Å²) >= 11 is 2.89. The summed E-state index contributed by atoms with van der Waals surface area (Å²) in [5.74, 6) is 0. The van der Waals surface area contributed by atoms with Gasteiger partial charge in [0.15, 0.2) is 15.7 Å². The first-order chi connectivity index (χ1) is 14.8. The Balaban J connectivity index is 1.68. The maximum Gasteiger partial charge on any atom is 0.268 e. The molecule has 0 saturated carbocycles. The molecular formula is C22H13N5OS2. The Kier molecular flexibility index (Phi) is 3.87. The predicted octanol–water partition coefficient (Wildman–Crippen LogP) is 5.32. The van der Waals surface area contributed by atoms with E-state index in [0.29, 0.717) is 32.3 Å². The molecule has 6 aromatic rings. The van der Waals surface area contributed by atoms with Crippen molar-refractivity contribution in [2.45, 2.75) is 0 Å². The predicted molar refractivity (Wildman–Crippen MR) is 123 cm³/mol. The van der Waals surface area contributed by atoms with Crippen LogP contribution < -0.4 is 10.9 Å². The fraction of sp³-hybridized carbons (Fsp3) is 0. The highest BCUT2D eigenvalue weighted by Crippen LogP contribution is 2.35. The molecule has 144 valence electrons. The summed E-state index contributed by atoms with van der Waals surface area (Å²) in [7, 11) is 0. The molecule has 0 aliphatic heterocycles. The van der Waals surface area contributed by atoms with E-state index in [4.69, 9.17) is 15.0 Å². The van der Waals surface area contributed by atoms with Crippen LogP contribution in [-0.4, -0.2) is 19.4 Å². The van der Waals surface area contributed by atoms with Gasteiger partial charge in [0.1, 0.15) is 10.2 Å². The van der Waals surface area contributed by atoms with Crippen LogP contribution in [0.4, 0.5) is 10.8 Å². The lowest BCUT2D eigenvalue weighted by Crippen LogP contribution is -2.14. The van der Waals surface area contributed by atoms with Crippen LogP contribution in [0.2, 0.25) is 0 Å². The van der Waals surface area contributed by atoms with E-state index in [9.17, 15) is 4.79 Å². The van der Waals surface area contributed by atoms with E-state index in [1.807, 2.05) is 66.0 Å². The first kappa shape index (κ1) is 17.3. The van der Waals surface area contributed by atoms with Crippen LogP contribution in [0.15, 0.2) is 77.0 Å². The number of aromatic nitrogens is 4. The summed E-state index contributed by atoms with van der Waals surface area (Å²) in [5, 5.41) is 6.41. The summed E-state index contributed by atoms with van der Waals surface area (Å²) in [4.78, 5) is 28.3. The fourth-order valence-corrected chi connectivity index (χ4v) is 5.09. The van der Waals surface area contributed by atoms with Crippen molar-refractivity contribution in [2.24, 2.45) is 0 Å². The molecule has 0 atom stereocenters. The third kappa shape index (κ3) is 2.69. The molecule has 4 heterocycles. The van der Waals surface area contributed by atoms with Crippen LogP contribution in [0.25, 0.3) is 37.5 Å². The number of nitrogens with zero attached hydrogens (tertiary/aromatic N) is 4. The van der Waals surface area contributed by atoms with E-state index in [2.05, 4.69) is 5.32 Å². The number of fused-ring (bicyclic) bond motifs is 4. The van der Waals surface area contributed by atoms with Gasteiger partial charge in [0, 0.05) is 22.8 Å². The first-order valence-electron chi connectivity index (χ1n) is 9.25. The zero-order valence-corrected chi connectivity index (χ0v) is 17.1. The largest absolute Gasteiger partial charge is 0.331 e. The summed E-state index contributed by atoms with van der Waals surface area (Å²) < 4.78 is 2.38. The highest BCUT2D eigenvalue weighted by atomic mass is 32.1. The SMILES string of the molecule is O=c1c2c(-c3ccccc3)nc3nc(Nc4ccccc4)sc3c2nc2sccn12. The van der Waals surface area contributed by atoms with E-state index in [1.165, 1.54) is 22.7 Å². The van der Waals surface area contributed by atoms with E-state index in [-0.39, 0.29) is 5.56 Å². The van der Waals surface area contributed by atoms with E-state index in [0.717, 1.165) is 16.0 Å². The molecule has 1 N–H and O–H groups in total. The normalized spacial score (nSPS) is 11.5. The Morgan fingerprint density at radius 3 is 2.47 bits per heavy atom. The average Bonchev–Trinajstić information content (AvgIpc) is 3.41. The van der Waals surface area contributed by atoms with Gasteiger partial charge >= 0.3 is 0 Å². The van der Waals surface area contributed by atoms with E-state index < -0.39 is 0 Å². The van der Waals surface area contributed by atoms with Crippen molar-refractivity contribution in [3.63, 3.8) is 0 Å². The van der Waals surface area contributed by atoms with Gasteiger partial charge in [0.25, 0.3) is 5.56 Å². The molecule has 0 radical (unpaired) electrons. The second-order valence-corrected chi connectivity index (χ2v) is 8.56. The number of nitrogens with one attached hydrogen (secondary N) is 1. The number of benzene rings is 2. The fourth-order valence-electron chi connectivity index (χ4n) is 3.47. The number of pyridine rings is 1. The van der Waals surface area contributed by atoms with Gasteiger partial charge < -0.3 is 5.32 Å². The van der Waals surface area contributed by atoms with Gasteiger partial charge in [0.05, 0.1) is 11.1 Å². The Morgan fingerprint density at radius 1 is 0.900 bits per heavy atom. The lowest BCUT2D eigenvalue weighted by molar-refractivity contribution is 1.11. The summed E-state index contributed by atoms with van der Waals surface area (Å²) in [6, 6.07) is 19.6. The monoisotopic (exact) mass is 427 g/mol. The molecule has 0 spiro atoms. The molecule has 0 bridgehead atoms. The quantitative estimate of drug-likeness (QED) is 0.414. The lowest BCUT2D eigenvalue weighted by atomic mass is 10.1. The smallest absolute Gasteiger partial charge is 0.268 e. The first-order valence-corrected chi connectivity index (χ1v) is 11.0. The van der Waals surface area contributed by atoms with Gasteiger partial charge in [-0.2, -0.15) is 4.98 Å². The molecule has 0 amide bonds. The molecule has 0 saturated heterocycles. The Morgan fingerprint density at radius 2 is 1.67 bits per heavy atom. The van der Waals surface area contributed by atoms with Crippen molar-refractivity contribution in [2.75, 3.05) is 5.32 Å². The number of thiazole rings is 2. The molecule has 6 rings (SSSR count). The van der Waals surface area contributed by atoms with E-state index in [1.54, 1.807) is 10.6 Å². The minimum atomic E-state index is -0.115. The van der Waals surface area contributed by atoms with Crippen molar-refractivity contribution in [1.82, 2.24) is 19.4 Å². The van der Waals surface area contributed by atoms with Crippen molar-refractivity contribution in [3.05, 3.63) is 82.6 Å². The van der Waals surface area contributed by atoms with Crippen molar-refractivity contribution in [3.8, 4) is 11.3 Å². The average molecular weight is 428 g/mol. The molecule has 0 unspecified atom stereocenters. The standard InChI is InChI=1S/C22H13N5OS2/c28-20-15-16(13-7-3-1-4-8-13)24-19-18(17(15)25-22-27(20)11-12-29-22)30-21(26-19)23-14-9-5-2-6-10-14/h1-12H,(H,23,24,26). The molecule has 0 fully saturated rings. The molecular weight excluding hydrogens is 414 g/mol. The van der Waals surface area contributed by atoms with E-state index >= 15 is 0 Å². The van der Waals surface area contributed by atoms with Crippen LogP contribution >= 0.6 is 22.7 Å². The van der Waals surface area contributed by atoms with Gasteiger partial charge in [-0.05, 0) is 12.1 Å². The Bertz CT molecular complexity index is 1590. The molecule has 6 nitrogen and oxygen atoms in total. The molecule has 2 aromatic carbocycles. The zero-order chi connectivity index (χ0) is 20.1. The van der Waals surface area contributed by atoms with Crippen molar-refractivity contribution >= 4 is 59.7 Å². The highest BCUT2D eigenvalue weighted by Gasteiger charge is 2.20. The number of rotatable bonds is 3. The third-order valence-corrected chi connectivity index (χ3v) is 6.54. The van der Waals surface area contributed by atoms with Crippen LogP contribution in [-0.2, 0) is 0 Å². The minimum Gasteiger partial charge on any atom is -0.331 e. The molecule has 0 aliphatic carbocycles. The van der Waals surface area contributed by atoms with Gasteiger partial charge in [0.2, 0.25) is 0 Å². The zero-order valence-electron chi connectivity index (χ0n) is 15.4. The van der Waals surface area contributed by atoms with Crippen molar-refractivity contribution in [1.29, 1.82) is 0 Å². The summed E-state index contributed by atoms with van der Waals surface area (Å²) in [6.07, 6.45) is 1.75. The third-order valence-electron chi connectivity index (χ3n) is 4.82. The second-order valence-electron chi connectivity index (χ2n) is 6.69. The topological polar surface area (TPSA) is 72.2 Å². The van der Waals surface area contributed by atoms with Crippen LogP contribution in [0.3, 0.4) is 0 Å². The van der Waals surface area contributed by atoms with Gasteiger partial charge in [-0.1, -0.05) is 59.9 Å². The van der Waals surface area contributed by atoms with Crippen molar-refractivity contribution < 1.29 is 0 Å². The van der Waals surface area contributed by atoms with Crippen LogP contribution in [0, 0.1) is 0 Å². The number of anilines is 2. The summed E-state index contributed by atoms with van der Waals surface area (Å²) in [5.41, 5.74) is 3.52. The number of hydrogen-bond donors (Lipinski definition) is 1. The van der Waals surface area contributed by atoms with Gasteiger partial charge in [-0.25, -0.2) is 9.97 Å². The number of hydrogen-bond acceptors (Lipinski definition) is 7. The second kappa shape index (κ2) is 6.72. The van der Waals surface area contributed by atoms with Crippen LogP contribution in [0.1, 0.15) is 0 Å². The Hall–Kier alpha value is -3.62. The van der Waals surface area contributed by atoms with Gasteiger partial charge in [-0.3, -0.25) is 9.20 Å². The maximum atomic E-state index is 13.3. The molecule has 30 heavy (non-hydrogen) atoms. The lowest BCUT2D eigenvalue weighted by Gasteiger charge is -2.06. The highest BCUT2D eigenvalue weighted by molar-refractivity contribution is 7.23. The summed E-state index contributed by atoms with van der Waals surface area (Å²) in [6.45, 7) is 0. The maximum absolute atomic E-state index is 13.3. The molecule has 8 heteroatoms. The Labute approximate surface area is 178 Å². The van der Waals surface area contributed by atoms with Crippen LogP contribution in [0.5, 0.6) is 0 Å². The molecule has 4 aromatic heterocycles. The molecule has 0 aliphatic rings. The number of para-hydroxylation sites is 1. The van der Waals surface area contributed by atoms with Gasteiger partial charge in [-0.15, -0.1) is 11.3 Å². The minimum absolute atomic E-state index is 0.115.